The van der Waals surface area contributed by atoms with Gasteiger partial charge in [0.15, 0.2) is 5.75 Å². The Hall–Kier alpha value is -1.90. The van der Waals surface area contributed by atoms with E-state index in [0.29, 0.717) is 10.2 Å². The molecule has 4 nitrogen and oxygen atoms in total. The van der Waals surface area contributed by atoms with E-state index in [1.807, 2.05) is 35.9 Å². The normalized spacial score (nSPS) is 19.5. The Bertz CT molecular complexity index is 742. The van der Waals surface area contributed by atoms with Crippen molar-refractivity contribution in [3.8, 4) is 23.1 Å². The molecule has 1 aromatic heterocycles. The van der Waals surface area contributed by atoms with Crippen molar-refractivity contribution in [2.75, 3.05) is 6.54 Å². The number of hydrogen-bond donors (Lipinski definition) is 1. The third kappa shape index (κ3) is 2.31. The number of nitrogens with one attached hydrogen (secondary N) is 1. The van der Waals surface area contributed by atoms with Gasteiger partial charge in [0.05, 0.1) is 0 Å². The number of fused-ring (bicyclic) bond motifs is 1. The van der Waals surface area contributed by atoms with Crippen LogP contribution in [0.1, 0.15) is 25.1 Å². The van der Waals surface area contributed by atoms with Crippen molar-refractivity contribution in [3.05, 3.63) is 41.6 Å². The Morgan fingerprint density at radius 1 is 1.33 bits per heavy atom. The fourth-order valence-electron chi connectivity index (χ4n) is 2.84. The minimum atomic E-state index is -0.0378. The average Bonchev–Trinajstić information content (AvgIpc) is 2.78. The van der Waals surface area contributed by atoms with Gasteiger partial charge in [0.1, 0.15) is 18.3 Å². The molecule has 5 heteroatoms. The summed E-state index contributed by atoms with van der Waals surface area (Å²) in [5, 5.41) is 9.08. The molecule has 0 spiro atoms. The molecule has 1 atom stereocenters. The molecule has 1 aliphatic rings. The van der Waals surface area contributed by atoms with E-state index in [9.17, 15) is 0 Å². The second-order valence-electron chi connectivity index (χ2n) is 6.02. The van der Waals surface area contributed by atoms with E-state index in [-0.39, 0.29) is 5.41 Å². The van der Waals surface area contributed by atoms with Gasteiger partial charge in [-0.2, -0.15) is 5.26 Å². The number of nitriles is 1. The molecule has 0 bridgehead atoms. The highest BCUT2D eigenvalue weighted by Gasteiger charge is 2.33. The van der Waals surface area contributed by atoms with Crippen LogP contribution in [0.3, 0.4) is 0 Å². The van der Waals surface area contributed by atoms with E-state index < -0.39 is 0 Å². The molecule has 2 heterocycles. The molecule has 21 heavy (non-hydrogen) atoms. The van der Waals surface area contributed by atoms with Gasteiger partial charge in [-0.1, -0.05) is 13.8 Å². The monoisotopic (exact) mass is 299 g/mol. The topological polar surface area (TPSA) is 42.4 Å². The third-order valence-electron chi connectivity index (χ3n) is 4.05. The molecule has 0 radical (unpaired) electrons. The van der Waals surface area contributed by atoms with Crippen molar-refractivity contribution in [3.63, 3.8) is 0 Å². The average molecular weight is 299 g/mol. The largest absolute Gasteiger partial charge is 0.443 e. The molecular weight excluding hydrogens is 282 g/mol. The van der Waals surface area contributed by atoms with Crippen LogP contribution in [0.2, 0.25) is 0 Å². The number of benzene rings is 1. The van der Waals surface area contributed by atoms with Gasteiger partial charge in [0, 0.05) is 23.7 Å². The zero-order valence-corrected chi connectivity index (χ0v) is 13.1. The van der Waals surface area contributed by atoms with Crippen molar-refractivity contribution in [1.29, 1.82) is 5.26 Å². The molecule has 108 valence electrons. The number of nitrogens with zero attached hydrogens (tertiary/aromatic N) is 2. The van der Waals surface area contributed by atoms with Gasteiger partial charge in [-0.05, 0) is 35.9 Å². The van der Waals surface area contributed by atoms with E-state index in [0.717, 1.165) is 29.1 Å². The first-order chi connectivity index (χ1) is 9.92. The van der Waals surface area contributed by atoms with Crippen molar-refractivity contribution >= 4 is 12.8 Å². The molecule has 0 fully saturated rings. The van der Waals surface area contributed by atoms with Gasteiger partial charge in [0.2, 0.25) is 0 Å². The molecule has 2 aromatic rings. The molecule has 1 N–H and O–H groups in total. The number of quaternary nitrogens is 1. The first kappa shape index (κ1) is 14.1. The summed E-state index contributed by atoms with van der Waals surface area (Å²) in [6.45, 7) is 5.10. The quantitative estimate of drug-likeness (QED) is 0.812. The van der Waals surface area contributed by atoms with Gasteiger partial charge in [-0.3, -0.25) is 4.47 Å². The van der Waals surface area contributed by atoms with Gasteiger partial charge in [0.25, 0.3) is 0 Å². The molecule has 0 saturated carbocycles. The van der Waals surface area contributed by atoms with Gasteiger partial charge >= 0.3 is 0 Å². The number of aromatic nitrogens is 1. The van der Waals surface area contributed by atoms with Crippen molar-refractivity contribution in [2.45, 2.75) is 19.3 Å². The number of hydroxylamine groups is 1. The summed E-state index contributed by atoms with van der Waals surface area (Å²) in [5.74, 6) is 0.842. The fraction of sp³-hybridized carbons (Fsp3) is 0.312. The van der Waals surface area contributed by atoms with Crippen LogP contribution in [0.5, 0.6) is 5.75 Å². The summed E-state index contributed by atoms with van der Waals surface area (Å²) in [7, 11) is 1.91. The Morgan fingerprint density at radius 3 is 2.76 bits per heavy atom. The van der Waals surface area contributed by atoms with Crippen LogP contribution in [0.4, 0.5) is 0 Å². The van der Waals surface area contributed by atoms with E-state index in [1.54, 1.807) is 0 Å². The molecule has 0 amide bonds. The molecule has 1 unspecified atom stereocenters. The second kappa shape index (κ2) is 4.83. The van der Waals surface area contributed by atoms with Gasteiger partial charge in [-0.15, -0.1) is 0 Å². The molecule has 1 aromatic carbocycles. The van der Waals surface area contributed by atoms with Gasteiger partial charge < -0.3 is 22.2 Å². The van der Waals surface area contributed by atoms with Crippen molar-refractivity contribution in [2.24, 2.45) is 7.05 Å². The lowest BCUT2D eigenvalue weighted by Crippen LogP contribution is -3.12. The zero-order valence-electron chi connectivity index (χ0n) is 12.3. The second-order valence-corrected chi connectivity index (χ2v) is 6.48. The molecular formula is C16H17N3OS. The predicted molar refractivity (Wildman–Crippen MR) is 82.4 cm³/mol. The first-order valence-electron chi connectivity index (χ1n) is 6.84. The third-order valence-corrected chi connectivity index (χ3v) is 4.28. The van der Waals surface area contributed by atoms with Crippen molar-refractivity contribution in [1.82, 2.24) is 4.57 Å². The Labute approximate surface area is 130 Å². The first-order valence-corrected chi connectivity index (χ1v) is 7.24. The van der Waals surface area contributed by atoms with Crippen LogP contribution in [0.25, 0.3) is 11.3 Å². The fourth-order valence-corrected chi connectivity index (χ4v) is 3.29. The van der Waals surface area contributed by atoms with E-state index >= 15 is 0 Å². The van der Waals surface area contributed by atoms with E-state index in [2.05, 4.69) is 26.0 Å². The van der Waals surface area contributed by atoms with Crippen molar-refractivity contribution < 1.29 is 9.31 Å². The summed E-state index contributed by atoms with van der Waals surface area (Å²) < 4.78 is 2.55. The minimum Gasteiger partial charge on any atom is -0.443 e. The maximum atomic E-state index is 9.08. The summed E-state index contributed by atoms with van der Waals surface area (Å²) in [6.07, 6.45) is 0. The standard InChI is InChI=1S/C16H17N3OS/c1-16(2)10-19(21)20-15-7-4-11(8-13(15)16)14-6-5-12(9-17)18(14)3/h4-8,19H,10H2,1-3H3. The number of hydrogen-bond acceptors (Lipinski definition) is 3. The van der Waals surface area contributed by atoms with Crippen LogP contribution in [0.15, 0.2) is 30.3 Å². The van der Waals surface area contributed by atoms with Crippen LogP contribution in [-0.4, -0.2) is 11.1 Å². The highest BCUT2D eigenvalue weighted by atomic mass is 32.1. The van der Waals surface area contributed by atoms with Crippen LogP contribution < -0.4 is 9.31 Å². The zero-order chi connectivity index (χ0) is 15.2. The molecule has 3 rings (SSSR count). The highest BCUT2D eigenvalue weighted by Crippen LogP contribution is 2.36. The van der Waals surface area contributed by atoms with Crippen LogP contribution in [0, 0.1) is 11.3 Å². The molecule has 0 saturated heterocycles. The summed E-state index contributed by atoms with van der Waals surface area (Å²) in [4.78, 5) is 5.69. The Balaban J connectivity index is 2.11. The van der Waals surface area contributed by atoms with Gasteiger partial charge in [-0.25, -0.2) is 0 Å². The SMILES string of the molecule is Cn1c(C#N)ccc1-c1ccc2c(c1)C(C)(C)C[NH+]([S-])O2. The lowest BCUT2D eigenvalue weighted by Gasteiger charge is -2.38. The summed E-state index contributed by atoms with van der Waals surface area (Å²) in [6, 6.07) is 12.1. The maximum absolute atomic E-state index is 9.08. The van der Waals surface area contributed by atoms with Crippen LogP contribution in [-0.2, 0) is 25.3 Å². The summed E-state index contributed by atoms with van der Waals surface area (Å²) in [5.41, 5.74) is 3.89. The Kier molecular flexibility index (Phi) is 3.23. The van der Waals surface area contributed by atoms with Crippen LogP contribution >= 0.6 is 0 Å². The lowest BCUT2D eigenvalue weighted by atomic mass is 9.82. The molecule has 1 aliphatic heterocycles. The summed E-state index contributed by atoms with van der Waals surface area (Å²) >= 11 is 5.23. The molecule has 0 aliphatic carbocycles. The Morgan fingerprint density at radius 2 is 2.10 bits per heavy atom. The minimum absolute atomic E-state index is 0.0378. The van der Waals surface area contributed by atoms with E-state index in [1.165, 1.54) is 0 Å². The smallest absolute Gasteiger partial charge is 0.191 e. The predicted octanol–water partition coefficient (Wildman–Crippen LogP) is 1.50. The number of rotatable bonds is 1. The maximum Gasteiger partial charge on any atom is 0.191 e. The van der Waals surface area contributed by atoms with E-state index in [4.69, 9.17) is 22.9 Å². The lowest BCUT2D eigenvalue weighted by molar-refractivity contribution is -0.949. The highest BCUT2D eigenvalue weighted by molar-refractivity contribution is 7.51.